The molecule has 0 bridgehead atoms. The summed E-state index contributed by atoms with van der Waals surface area (Å²) in [7, 11) is 1.89. The molecule has 2 aromatic heterocycles. The van der Waals surface area contributed by atoms with Gasteiger partial charge in [0.15, 0.2) is 0 Å². The maximum Gasteiger partial charge on any atom is 0.108 e. The number of pyridine rings is 1. The van der Waals surface area contributed by atoms with Crippen molar-refractivity contribution in [3.63, 3.8) is 0 Å². The molecule has 0 spiro atoms. The number of aromatic nitrogens is 3. The molecule has 0 aliphatic heterocycles. The minimum atomic E-state index is -0.671. The van der Waals surface area contributed by atoms with Crippen molar-refractivity contribution < 1.29 is 5.11 Å². The number of nitrogens with zero attached hydrogens (tertiary/aromatic N) is 3. The SMILES string of the molecule is Cc1nn(C)c(C)c1C(O)c1ccc2cccnc2c1. The van der Waals surface area contributed by atoms with Gasteiger partial charge in [0.2, 0.25) is 0 Å². The molecule has 3 aromatic rings. The Labute approximate surface area is 117 Å². The first-order valence-corrected chi connectivity index (χ1v) is 6.61. The predicted molar refractivity (Wildman–Crippen MR) is 78.5 cm³/mol. The molecule has 1 aromatic carbocycles. The van der Waals surface area contributed by atoms with Crippen LogP contribution in [0, 0.1) is 13.8 Å². The summed E-state index contributed by atoms with van der Waals surface area (Å²) in [5, 5.41) is 16.1. The molecule has 1 N–H and O–H groups in total. The highest BCUT2D eigenvalue weighted by Gasteiger charge is 2.19. The Bertz CT molecular complexity index is 776. The molecule has 2 heterocycles. The van der Waals surface area contributed by atoms with E-state index in [1.165, 1.54) is 0 Å². The standard InChI is InChI=1S/C16H17N3O/c1-10-15(11(2)19(3)18-10)16(20)13-7-6-12-5-4-8-17-14(12)9-13/h4-9,16,20H,1-3H3. The fourth-order valence-electron chi connectivity index (χ4n) is 2.61. The number of hydrogen-bond donors (Lipinski definition) is 1. The molecule has 0 aliphatic carbocycles. The van der Waals surface area contributed by atoms with Crippen LogP contribution >= 0.6 is 0 Å². The third-order valence-corrected chi connectivity index (χ3v) is 3.78. The van der Waals surface area contributed by atoms with Crippen LogP contribution in [0.5, 0.6) is 0 Å². The molecule has 0 fully saturated rings. The Morgan fingerprint density at radius 1 is 1.20 bits per heavy atom. The zero-order valence-corrected chi connectivity index (χ0v) is 11.8. The maximum absolute atomic E-state index is 10.6. The van der Waals surface area contributed by atoms with Crippen molar-refractivity contribution in [1.29, 1.82) is 0 Å². The van der Waals surface area contributed by atoms with Gasteiger partial charge in [-0.2, -0.15) is 5.10 Å². The number of aliphatic hydroxyl groups is 1. The van der Waals surface area contributed by atoms with Crippen LogP contribution in [-0.4, -0.2) is 19.9 Å². The Hall–Kier alpha value is -2.20. The second kappa shape index (κ2) is 4.72. The fraction of sp³-hybridized carbons (Fsp3) is 0.250. The maximum atomic E-state index is 10.6. The second-order valence-electron chi connectivity index (χ2n) is 5.07. The van der Waals surface area contributed by atoms with Crippen molar-refractivity contribution in [3.05, 3.63) is 59.0 Å². The molecule has 0 saturated heterocycles. The zero-order valence-electron chi connectivity index (χ0n) is 11.8. The largest absolute Gasteiger partial charge is 0.384 e. The first-order valence-electron chi connectivity index (χ1n) is 6.61. The lowest BCUT2D eigenvalue weighted by atomic mass is 9.99. The van der Waals surface area contributed by atoms with Crippen LogP contribution in [0.1, 0.15) is 28.6 Å². The van der Waals surface area contributed by atoms with E-state index in [0.29, 0.717) is 0 Å². The summed E-state index contributed by atoms with van der Waals surface area (Å²) in [5.74, 6) is 0. The Kier molecular flexibility index (Phi) is 3.03. The predicted octanol–water partition coefficient (Wildman–Crippen LogP) is 2.67. The highest BCUT2D eigenvalue weighted by atomic mass is 16.3. The van der Waals surface area contributed by atoms with Crippen molar-refractivity contribution in [1.82, 2.24) is 14.8 Å². The van der Waals surface area contributed by atoms with Gasteiger partial charge in [-0.25, -0.2) is 0 Å². The van der Waals surface area contributed by atoms with Gasteiger partial charge in [0.05, 0.1) is 11.2 Å². The van der Waals surface area contributed by atoms with Gasteiger partial charge in [-0.15, -0.1) is 0 Å². The van der Waals surface area contributed by atoms with Gasteiger partial charge in [0.1, 0.15) is 6.10 Å². The van der Waals surface area contributed by atoms with Crippen LogP contribution in [-0.2, 0) is 7.05 Å². The van der Waals surface area contributed by atoms with Gasteiger partial charge in [-0.1, -0.05) is 18.2 Å². The molecule has 0 aliphatic rings. The summed E-state index contributed by atoms with van der Waals surface area (Å²) in [6.45, 7) is 3.89. The van der Waals surface area contributed by atoms with E-state index in [1.54, 1.807) is 10.9 Å². The molecule has 1 atom stereocenters. The van der Waals surface area contributed by atoms with E-state index >= 15 is 0 Å². The van der Waals surface area contributed by atoms with Gasteiger partial charge >= 0.3 is 0 Å². The molecule has 20 heavy (non-hydrogen) atoms. The molecule has 0 saturated carbocycles. The lowest BCUT2D eigenvalue weighted by Crippen LogP contribution is -2.03. The highest BCUT2D eigenvalue weighted by molar-refractivity contribution is 5.79. The van der Waals surface area contributed by atoms with Crippen LogP contribution in [0.3, 0.4) is 0 Å². The number of aryl methyl sites for hydroxylation is 2. The average molecular weight is 267 g/mol. The Balaban J connectivity index is 2.10. The summed E-state index contributed by atoms with van der Waals surface area (Å²) in [6, 6.07) is 9.79. The van der Waals surface area contributed by atoms with Crippen LogP contribution in [0.15, 0.2) is 36.5 Å². The van der Waals surface area contributed by atoms with Crippen molar-refractivity contribution in [3.8, 4) is 0 Å². The van der Waals surface area contributed by atoms with Gasteiger partial charge in [-0.05, 0) is 31.5 Å². The summed E-state index contributed by atoms with van der Waals surface area (Å²) in [4.78, 5) is 4.34. The van der Waals surface area contributed by atoms with E-state index in [-0.39, 0.29) is 0 Å². The molecular formula is C16H17N3O. The molecular weight excluding hydrogens is 250 g/mol. The monoisotopic (exact) mass is 267 g/mol. The number of fused-ring (bicyclic) bond motifs is 1. The van der Waals surface area contributed by atoms with Crippen molar-refractivity contribution in [2.45, 2.75) is 20.0 Å². The van der Waals surface area contributed by atoms with Crippen molar-refractivity contribution in [2.75, 3.05) is 0 Å². The van der Waals surface area contributed by atoms with E-state index < -0.39 is 6.10 Å². The van der Waals surface area contributed by atoms with Crippen molar-refractivity contribution in [2.24, 2.45) is 7.05 Å². The first kappa shape index (κ1) is 12.8. The molecule has 4 heteroatoms. The van der Waals surface area contributed by atoms with E-state index in [9.17, 15) is 5.11 Å². The van der Waals surface area contributed by atoms with Crippen LogP contribution in [0.25, 0.3) is 10.9 Å². The number of rotatable bonds is 2. The topological polar surface area (TPSA) is 50.9 Å². The van der Waals surface area contributed by atoms with E-state index in [2.05, 4.69) is 10.1 Å². The van der Waals surface area contributed by atoms with Gasteiger partial charge < -0.3 is 5.11 Å². The Morgan fingerprint density at radius 2 is 2.00 bits per heavy atom. The summed E-state index contributed by atoms with van der Waals surface area (Å²) in [5.41, 5.74) is 4.45. The Morgan fingerprint density at radius 3 is 2.70 bits per heavy atom. The number of benzene rings is 1. The molecule has 4 nitrogen and oxygen atoms in total. The smallest absolute Gasteiger partial charge is 0.108 e. The van der Waals surface area contributed by atoms with E-state index in [4.69, 9.17) is 0 Å². The highest BCUT2D eigenvalue weighted by Crippen LogP contribution is 2.28. The van der Waals surface area contributed by atoms with Gasteiger partial charge in [-0.3, -0.25) is 9.67 Å². The van der Waals surface area contributed by atoms with Crippen molar-refractivity contribution >= 4 is 10.9 Å². The van der Waals surface area contributed by atoms with Crippen LogP contribution in [0.4, 0.5) is 0 Å². The van der Waals surface area contributed by atoms with Crippen LogP contribution in [0.2, 0.25) is 0 Å². The molecule has 1 unspecified atom stereocenters. The number of aliphatic hydroxyl groups excluding tert-OH is 1. The second-order valence-corrected chi connectivity index (χ2v) is 5.07. The average Bonchev–Trinajstić information content (AvgIpc) is 2.71. The van der Waals surface area contributed by atoms with Gasteiger partial charge in [0, 0.05) is 29.9 Å². The third-order valence-electron chi connectivity index (χ3n) is 3.78. The minimum Gasteiger partial charge on any atom is -0.384 e. The molecule has 0 radical (unpaired) electrons. The first-order chi connectivity index (χ1) is 9.58. The third kappa shape index (κ3) is 1.98. The lowest BCUT2D eigenvalue weighted by molar-refractivity contribution is 0.219. The molecule has 3 rings (SSSR count). The molecule has 102 valence electrons. The normalized spacial score (nSPS) is 12.8. The number of hydrogen-bond acceptors (Lipinski definition) is 3. The fourth-order valence-corrected chi connectivity index (χ4v) is 2.61. The van der Waals surface area contributed by atoms with Crippen LogP contribution < -0.4 is 0 Å². The summed E-state index contributed by atoms with van der Waals surface area (Å²) in [6.07, 6.45) is 1.09. The molecule has 0 amide bonds. The zero-order chi connectivity index (χ0) is 14.3. The van der Waals surface area contributed by atoms with Gasteiger partial charge in [0.25, 0.3) is 0 Å². The summed E-state index contributed by atoms with van der Waals surface area (Å²) >= 11 is 0. The van der Waals surface area contributed by atoms with E-state index in [0.717, 1.165) is 33.4 Å². The quantitative estimate of drug-likeness (QED) is 0.776. The summed E-state index contributed by atoms with van der Waals surface area (Å²) < 4.78 is 1.80. The van der Waals surface area contributed by atoms with E-state index in [1.807, 2.05) is 51.2 Å². The lowest BCUT2D eigenvalue weighted by Gasteiger charge is -2.12. The minimum absolute atomic E-state index is 0.671.